The molecule has 0 rings (SSSR count). The summed E-state index contributed by atoms with van der Waals surface area (Å²) in [6.45, 7) is 2.57. The first-order valence-corrected chi connectivity index (χ1v) is 6.23. The van der Waals surface area contributed by atoms with Crippen molar-refractivity contribution in [2.45, 2.75) is 45.4 Å². The minimum Gasteiger partial charge on any atom is -0.356 e. The van der Waals surface area contributed by atoms with Crippen molar-refractivity contribution in [2.24, 2.45) is 0 Å². The van der Waals surface area contributed by atoms with Gasteiger partial charge in [-0.15, -0.1) is 0 Å². The molecule has 1 N–H and O–H groups in total. The molecule has 0 saturated carbocycles. The topological polar surface area (TPSA) is 46.2 Å². The Kier molecular flexibility index (Phi) is 9.68. The average Bonchev–Trinajstić information content (AvgIpc) is 2.24. The van der Waals surface area contributed by atoms with Crippen LogP contribution in [0.4, 0.5) is 0 Å². The van der Waals surface area contributed by atoms with Gasteiger partial charge in [-0.3, -0.25) is 9.59 Å². The first kappa shape index (κ1) is 14.5. The minimum absolute atomic E-state index is 0.0538. The predicted molar refractivity (Wildman–Crippen MR) is 65.2 cm³/mol. The van der Waals surface area contributed by atoms with E-state index in [2.05, 4.69) is 17.9 Å². The molecule has 0 fully saturated rings. The number of hydrogen-bond acceptors (Lipinski definition) is 3. The number of amides is 1. The van der Waals surface area contributed by atoms with E-state index in [1.165, 1.54) is 0 Å². The largest absolute Gasteiger partial charge is 0.356 e. The molecule has 0 aromatic heterocycles. The molecule has 0 heterocycles. The zero-order valence-electron chi connectivity index (χ0n) is 9.42. The molecule has 1 amide bonds. The average molecular weight is 231 g/mol. The molecule has 0 spiro atoms. The highest BCUT2D eigenvalue weighted by Crippen LogP contribution is 1.99. The Labute approximate surface area is 97.4 Å². The molecule has 0 aromatic carbocycles. The van der Waals surface area contributed by atoms with Gasteiger partial charge in [-0.1, -0.05) is 6.92 Å². The zero-order chi connectivity index (χ0) is 11.5. The number of hydrogen-bond donors (Lipinski definition) is 2. The summed E-state index contributed by atoms with van der Waals surface area (Å²) in [4.78, 5) is 22.2. The molecule has 0 radical (unpaired) electrons. The van der Waals surface area contributed by atoms with E-state index in [1.807, 2.05) is 6.92 Å². The lowest BCUT2D eigenvalue weighted by atomic mass is 10.1. The van der Waals surface area contributed by atoms with Gasteiger partial charge >= 0.3 is 0 Å². The van der Waals surface area contributed by atoms with Crippen LogP contribution in [0.3, 0.4) is 0 Å². The van der Waals surface area contributed by atoms with Crippen LogP contribution in [0.1, 0.15) is 45.4 Å². The SMILES string of the molecule is CCC(=O)CCCC(=O)NCCCCS. The molecule has 0 aliphatic carbocycles. The number of unbranched alkanes of at least 4 members (excludes halogenated alkanes) is 1. The van der Waals surface area contributed by atoms with Gasteiger partial charge in [0.25, 0.3) is 0 Å². The minimum atomic E-state index is 0.0538. The first-order valence-electron chi connectivity index (χ1n) is 5.60. The van der Waals surface area contributed by atoms with Gasteiger partial charge in [-0.2, -0.15) is 12.6 Å². The van der Waals surface area contributed by atoms with Crippen molar-refractivity contribution < 1.29 is 9.59 Å². The Morgan fingerprint density at radius 2 is 1.87 bits per heavy atom. The van der Waals surface area contributed by atoms with E-state index in [4.69, 9.17) is 0 Å². The van der Waals surface area contributed by atoms with Crippen LogP contribution in [0.15, 0.2) is 0 Å². The lowest BCUT2D eigenvalue weighted by molar-refractivity contribution is -0.121. The molecule has 4 heteroatoms. The third-order valence-corrected chi connectivity index (χ3v) is 2.48. The van der Waals surface area contributed by atoms with Gasteiger partial charge < -0.3 is 5.32 Å². The smallest absolute Gasteiger partial charge is 0.220 e. The number of nitrogens with one attached hydrogen (secondary N) is 1. The quantitative estimate of drug-likeness (QED) is 0.471. The lowest BCUT2D eigenvalue weighted by Gasteiger charge is -2.03. The lowest BCUT2D eigenvalue weighted by Crippen LogP contribution is -2.24. The van der Waals surface area contributed by atoms with Gasteiger partial charge in [0.15, 0.2) is 0 Å². The zero-order valence-corrected chi connectivity index (χ0v) is 10.3. The number of rotatable bonds is 9. The molecule has 0 aromatic rings. The van der Waals surface area contributed by atoms with E-state index < -0.39 is 0 Å². The van der Waals surface area contributed by atoms with Gasteiger partial charge in [0.1, 0.15) is 5.78 Å². The van der Waals surface area contributed by atoms with Gasteiger partial charge in [0, 0.05) is 25.8 Å². The van der Waals surface area contributed by atoms with Gasteiger partial charge in [0.2, 0.25) is 5.91 Å². The van der Waals surface area contributed by atoms with Crippen molar-refractivity contribution in [1.29, 1.82) is 0 Å². The summed E-state index contributed by atoms with van der Waals surface area (Å²) in [5, 5.41) is 2.83. The highest BCUT2D eigenvalue weighted by Gasteiger charge is 2.02. The van der Waals surface area contributed by atoms with Crippen molar-refractivity contribution in [3.8, 4) is 0 Å². The van der Waals surface area contributed by atoms with Crippen LogP contribution in [-0.2, 0) is 9.59 Å². The van der Waals surface area contributed by atoms with E-state index in [0.717, 1.165) is 25.1 Å². The van der Waals surface area contributed by atoms with E-state index in [-0.39, 0.29) is 11.7 Å². The van der Waals surface area contributed by atoms with Crippen LogP contribution in [-0.4, -0.2) is 24.0 Å². The fourth-order valence-electron chi connectivity index (χ4n) is 1.18. The Balaban J connectivity index is 3.29. The number of ketones is 1. The number of carbonyl (C=O) groups is 2. The van der Waals surface area contributed by atoms with E-state index in [0.29, 0.717) is 25.7 Å². The molecule has 0 saturated heterocycles. The van der Waals surface area contributed by atoms with Crippen LogP contribution < -0.4 is 5.32 Å². The third-order valence-electron chi connectivity index (χ3n) is 2.16. The predicted octanol–water partition coefficient (Wildman–Crippen LogP) is 1.96. The van der Waals surface area contributed by atoms with Crippen molar-refractivity contribution in [3.05, 3.63) is 0 Å². The maximum Gasteiger partial charge on any atom is 0.220 e. The number of Topliss-reactive ketones (excluding diaryl/α,β-unsaturated/α-hetero) is 1. The fraction of sp³-hybridized carbons (Fsp3) is 0.818. The van der Waals surface area contributed by atoms with Gasteiger partial charge in [0.05, 0.1) is 0 Å². The molecule has 15 heavy (non-hydrogen) atoms. The Bertz CT molecular complexity index is 195. The molecular weight excluding hydrogens is 210 g/mol. The van der Waals surface area contributed by atoms with Crippen LogP contribution in [0, 0.1) is 0 Å². The van der Waals surface area contributed by atoms with Crippen LogP contribution in [0.25, 0.3) is 0 Å². The van der Waals surface area contributed by atoms with Gasteiger partial charge in [-0.25, -0.2) is 0 Å². The summed E-state index contributed by atoms with van der Waals surface area (Å²) in [7, 11) is 0. The highest BCUT2D eigenvalue weighted by molar-refractivity contribution is 7.80. The molecular formula is C11H21NO2S. The molecule has 3 nitrogen and oxygen atoms in total. The molecule has 0 atom stereocenters. The van der Waals surface area contributed by atoms with E-state index >= 15 is 0 Å². The monoisotopic (exact) mass is 231 g/mol. The fourth-order valence-corrected chi connectivity index (χ4v) is 1.40. The summed E-state index contributed by atoms with van der Waals surface area (Å²) >= 11 is 4.08. The molecule has 88 valence electrons. The third kappa shape index (κ3) is 9.79. The Hall–Kier alpha value is -0.510. The van der Waals surface area contributed by atoms with Crippen molar-refractivity contribution in [3.63, 3.8) is 0 Å². The van der Waals surface area contributed by atoms with Gasteiger partial charge in [-0.05, 0) is 25.0 Å². The highest BCUT2D eigenvalue weighted by atomic mass is 32.1. The van der Waals surface area contributed by atoms with Crippen LogP contribution in [0.5, 0.6) is 0 Å². The van der Waals surface area contributed by atoms with Crippen LogP contribution in [0.2, 0.25) is 0 Å². The molecule has 0 bridgehead atoms. The second-order valence-electron chi connectivity index (χ2n) is 3.53. The summed E-state index contributed by atoms with van der Waals surface area (Å²) in [6, 6.07) is 0. The Morgan fingerprint density at radius 3 is 2.47 bits per heavy atom. The normalized spacial score (nSPS) is 10.0. The Morgan fingerprint density at radius 1 is 1.13 bits per heavy atom. The number of thiol groups is 1. The summed E-state index contributed by atoms with van der Waals surface area (Å²) in [5.41, 5.74) is 0. The second-order valence-corrected chi connectivity index (χ2v) is 3.97. The second kappa shape index (κ2) is 10.0. The molecule has 0 aliphatic rings. The van der Waals surface area contributed by atoms with Crippen molar-refractivity contribution in [2.75, 3.05) is 12.3 Å². The first-order chi connectivity index (χ1) is 7.20. The maximum absolute atomic E-state index is 11.2. The van der Waals surface area contributed by atoms with Crippen molar-refractivity contribution in [1.82, 2.24) is 5.32 Å². The maximum atomic E-state index is 11.2. The summed E-state index contributed by atoms with van der Waals surface area (Å²) in [6.07, 6.45) is 4.24. The van der Waals surface area contributed by atoms with Crippen molar-refractivity contribution >= 4 is 24.3 Å². The number of carbonyl (C=O) groups excluding carboxylic acids is 2. The van der Waals surface area contributed by atoms with E-state index in [1.54, 1.807) is 0 Å². The summed E-state index contributed by atoms with van der Waals surface area (Å²) in [5.74, 6) is 1.15. The van der Waals surface area contributed by atoms with Crippen LogP contribution >= 0.6 is 12.6 Å². The molecule has 0 aliphatic heterocycles. The standard InChI is InChI=1S/C11H21NO2S/c1-2-10(13)6-5-7-11(14)12-8-3-4-9-15/h15H,2-9H2,1H3,(H,12,14). The molecule has 0 unspecified atom stereocenters. The summed E-state index contributed by atoms with van der Waals surface area (Å²) < 4.78 is 0. The van der Waals surface area contributed by atoms with E-state index in [9.17, 15) is 9.59 Å².